The summed E-state index contributed by atoms with van der Waals surface area (Å²) in [7, 11) is 1.91. The fraction of sp³-hybridized carbons (Fsp3) is 0.0833. The lowest BCUT2D eigenvalue weighted by Crippen LogP contribution is -2.29. The molecular formula is C24H19N3O. The molecule has 0 saturated carbocycles. The van der Waals surface area contributed by atoms with E-state index in [1.165, 1.54) is 0 Å². The van der Waals surface area contributed by atoms with Gasteiger partial charge >= 0.3 is 0 Å². The maximum absolute atomic E-state index is 13.4. The summed E-state index contributed by atoms with van der Waals surface area (Å²) in [5.74, 6) is -0.0622. The van der Waals surface area contributed by atoms with E-state index in [2.05, 4.69) is 29.4 Å². The van der Waals surface area contributed by atoms with Gasteiger partial charge in [0.1, 0.15) is 0 Å². The van der Waals surface area contributed by atoms with Gasteiger partial charge in [0.25, 0.3) is 5.91 Å². The van der Waals surface area contributed by atoms with E-state index in [-0.39, 0.29) is 11.9 Å². The summed E-state index contributed by atoms with van der Waals surface area (Å²) in [4.78, 5) is 15.3. The number of hydrogen-bond donors (Lipinski definition) is 0. The third-order valence-corrected chi connectivity index (χ3v) is 5.23. The van der Waals surface area contributed by atoms with Gasteiger partial charge in [-0.3, -0.25) is 14.4 Å². The Kier molecular flexibility index (Phi) is 3.83. The number of carbonyl (C=O) groups is 1. The van der Waals surface area contributed by atoms with Crippen LogP contribution in [0.3, 0.4) is 0 Å². The Balaban J connectivity index is 1.78. The van der Waals surface area contributed by atoms with Crippen molar-refractivity contribution >= 4 is 11.6 Å². The fourth-order valence-electron chi connectivity index (χ4n) is 4.06. The zero-order chi connectivity index (χ0) is 19.1. The maximum Gasteiger partial charge on any atom is 0.280 e. The Morgan fingerprint density at radius 3 is 2.00 bits per heavy atom. The molecule has 28 heavy (non-hydrogen) atoms. The number of carbonyl (C=O) groups excluding carboxylic acids is 1. The summed E-state index contributed by atoms with van der Waals surface area (Å²) in [6.07, 6.45) is 0. The van der Waals surface area contributed by atoms with Gasteiger partial charge < -0.3 is 0 Å². The Labute approximate surface area is 163 Å². The number of amides is 1. The summed E-state index contributed by atoms with van der Waals surface area (Å²) < 4.78 is 1.83. The molecule has 1 unspecified atom stereocenters. The van der Waals surface area contributed by atoms with Gasteiger partial charge in [0.15, 0.2) is 5.69 Å². The van der Waals surface area contributed by atoms with Gasteiger partial charge in [0.05, 0.1) is 11.7 Å². The summed E-state index contributed by atoms with van der Waals surface area (Å²) in [5.41, 5.74) is 5.48. The standard InChI is InChI=1S/C24H19N3O/c1-26-22(17-11-5-2-6-12-17)20-21(25-26)24(28)27(19-15-9-4-10-16-19)23(20)18-13-7-3-8-14-18/h2-16,23H,1H3. The van der Waals surface area contributed by atoms with Crippen molar-refractivity contribution in [2.24, 2.45) is 7.05 Å². The molecule has 1 aromatic heterocycles. The number of benzene rings is 3. The molecule has 4 aromatic rings. The van der Waals surface area contributed by atoms with Crippen molar-refractivity contribution in [3.63, 3.8) is 0 Å². The lowest BCUT2D eigenvalue weighted by molar-refractivity contribution is 0.0988. The normalized spacial score (nSPS) is 15.7. The minimum absolute atomic E-state index is 0.0622. The van der Waals surface area contributed by atoms with E-state index in [4.69, 9.17) is 0 Å². The minimum Gasteiger partial charge on any atom is -0.295 e. The number of anilines is 1. The smallest absolute Gasteiger partial charge is 0.280 e. The number of nitrogens with zero attached hydrogens (tertiary/aromatic N) is 3. The highest BCUT2D eigenvalue weighted by Crippen LogP contribution is 2.45. The van der Waals surface area contributed by atoms with Crippen LogP contribution in [0.25, 0.3) is 11.3 Å². The first kappa shape index (κ1) is 16.5. The zero-order valence-electron chi connectivity index (χ0n) is 15.5. The molecule has 1 amide bonds. The molecule has 0 N–H and O–H groups in total. The van der Waals surface area contributed by atoms with E-state index in [1.807, 2.05) is 83.4 Å². The summed E-state index contributed by atoms with van der Waals surface area (Å²) in [5, 5.41) is 4.63. The summed E-state index contributed by atoms with van der Waals surface area (Å²) in [6.45, 7) is 0. The first-order valence-electron chi connectivity index (χ1n) is 9.31. The highest BCUT2D eigenvalue weighted by molar-refractivity contribution is 6.11. The fourth-order valence-corrected chi connectivity index (χ4v) is 4.06. The predicted molar refractivity (Wildman–Crippen MR) is 110 cm³/mol. The number of hydrogen-bond acceptors (Lipinski definition) is 2. The molecule has 3 aromatic carbocycles. The second-order valence-corrected chi connectivity index (χ2v) is 6.92. The summed E-state index contributed by atoms with van der Waals surface area (Å²) in [6, 6.07) is 29.9. The molecule has 1 atom stereocenters. The van der Waals surface area contributed by atoms with Gasteiger partial charge in [0, 0.05) is 23.9 Å². The van der Waals surface area contributed by atoms with Gasteiger partial charge in [-0.1, -0.05) is 78.9 Å². The lowest BCUT2D eigenvalue weighted by atomic mass is 9.96. The third-order valence-electron chi connectivity index (χ3n) is 5.23. The van der Waals surface area contributed by atoms with Gasteiger partial charge in [-0.15, -0.1) is 0 Å². The number of rotatable bonds is 3. The van der Waals surface area contributed by atoms with E-state index in [9.17, 15) is 4.79 Å². The van der Waals surface area contributed by atoms with Gasteiger partial charge in [-0.2, -0.15) is 5.10 Å². The van der Waals surface area contributed by atoms with Crippen LogP contribution in [-0.2, 0) is 7.05 Å². The third kappa shape index (κ3) is 2.46. The van der Waals surface area contributed by atoms with Crippen molar-refractivity contribution in [3.05, 3.63) is 108 Å². The molecule has 136 valence electrons. The average molecular weight is 365 g/mol. The Hall–Kier alpha value is -3.66. The topological polar surface area (TPSA) is 38.1 Å². The molecule has 0 bridgehead atoms. The highest BCUT2D eigenvalue weighted by Gasteiger charge is 2.43. The molecule has 4 nitrogen and oxygen atoms in total. The van der Waals surface area contributed by atoms with E-state index in [0.29, 0.717) is 5.69 Å². The van der Waals surface area contributed by atoms with Crippen LogP contribution in [0.5, 0.6) is 0 Å². The van der Waals surface area contributed by atoms with Crippen LogP contribution in [0.4, 0.5) is 5.69 Å². The highest BCUT2D eigenvalue weighted by atomic mass is 16.2. The van der Waals surface area contributed by atoms with E-state index >= 15 is 0 Å². The quantitative estimate of drug-likeness (QED) is 0.521. The molecular weight excluding hydrogens is 346 g/mol. The van der Waals surface area contributed by atoms with Gasteiger partial charge in [0.2, 0.25) is 0 Å². The second kappa shape index (κ2) is 6.50. The van der Waals surface area contributed by atoms with Crippen LogP contribution in [0, 0.1) is 0 Å². The lowest BCUT2D eigenvalue weighted by Gasteiger charge is -2.27. The molecule has 5 rings (SSSR count). The Morgan fingerprint density at radius 2 is 1.36 bits per heavy atom. The molecule has 0 aliphatic carbocycles. The molecule has 1 aliphatic rings. The maximum atomic E-state index is 13.4. The Morgan fingerprint density at radius 1 is 0.786 bits per heavy atom. The molecule has 0 spiro atoms. The average Bonchev–Trinajstić information content (AvgIpc) is 3.23. The van der Waals surface area contributed by atoms with E-state index < -0.39 is 0 Å². The second-order valence-electron chi connectivity index (χ2n) is 6.92. The first-order chi connectivity index (χ1) is 13.8. The van der Waals surface area contributed by atoms with Crippen LogP contribution in [0.15, 0.2) is 91.0 Å². The Bertz CT molecular complexity index is 1130. The van der Waals surface area contributed by atoms with Gasteiger partial charge in [-0.05, 0) is 17.7 Å². The van der Waals surface area contributed by atoms with Crippen molar-refractivity contribution in [3.8, 4) is 11.3 Å². The monoisotopic (exact) mass is 365 g/mol. The van der Waals surface area contributed by atoms with Crippen molar-refractivity contribution in [2.45, 2.75) is 6.04 Å². The van der Waals surface area contributed by atoms with Gasteiger partial charge in [-0.25, -0.2) is 0 Å². The SMILES string of the molecule is Cn1nc2c(c1-c1ccccc1)C(c1ccccc1)N(c1ccccc1)C2=O. The van der Waals surface area contributed by atoms with Crippen molar-refractivity contribution in [2.75, 3.05) is 4.90 Å². The van der Waals surface area contributed by atoms with E-state index in [1.54, 1.807) is 0 Å². The van der Waals surface area contributed by atoms with E-state index in [0.717, 1.165) is 28.1 Å². The molecule has 0 radical (unpaired) electrons. The van der Waals surface area contributed by atoms with Crippen molar-refractivity contribution in [1.29, 1.82) is 0 Å². The minimum atomic E-state index is -0.213. The van der Waals surface area contributed by atoms with Crippen molar-refractivity contribution < 1.29 is 4.79 Å². The zero-order valence-corrected chi connectivity index (χ0v) is 15.5. The largest absolute Gasteiger partial charge is 0.295 e. The molecule has 4 heteroatoms. The number of fused-ring (bicyclic) bond motifs is 1. The first-order valence-corrected chi connectivity index (χ1v) is 9.31. The number of aromatic nitrogens is 2. The molecule has 2 heterocycles. The van der Waals surface area contributed by atoms with Crippen LogP contribution in [0.1, 0.15) is 27.7 Å². The van der Waals surface area contributed by atoms with Crippen LogP contribution in [-0.4, -0.2) is 15.7 Å². The molecule has 1 aliphatic heterocycles. The van der Waals surface area contributed by atoms with Crippen LogP contribution < -0.4 is 4.90 Å². The molecule has 0 fully saturated rings. The van der Waals surface area contributed by atoms with Crippen LogP contribution >= 0.6 is 0 Å². The van der Waals surface area contributed by atoms with Crippen molar-refractivity contribution in [1.82, 2.24) is 9.78 Å². The number of para-hydroxylation sites is 1. The van der Waals surface area contributed by atoms with Crippen LogP contribution in [0.2, 0.25) is 0 Å². The molecule has 0 saturated heterocycles. The summed E-state index contributed by atoms with van der Waals surface area (Å²) >= 11 is 0. The predicted octanol–water partition coefficient (Wildman–Crippen LogP) is 4.84. The number of aryl methyl sites for hydroxylation is 1.